The summed E-state index contributed by atoms with van der Waals surface area (Å²) < 4.78 is 0. The second kappa shape index (κ2) is 5.24. The summed E-state index contributed by atoms with van der Waals surface area (Å²) in [5, 5.41) is 9.58. The minimum absolute atomic E-state index is 0.178. The molecule has 1 heterocycles. The fourth-order valence-electron chi connectivity index (χ4n) is 1.94. The number of hydrogen-bond donors (Lipinski definition) is 3. The van der Waals surface area contributed by atoms with Crippen LogP contribution in [0.3, 0.4) is 0 Å². The van der Waals surface area contributed by atoms with Crippen molar-refractivity contribution in [2.24, 2.45) is 5.73 Å². The number of amides is 1. The van der Waals surface area contributed by atoms with Gasteiger partial charge >= 0.3 is 0 Å². The third kappa shape index (κ3) is 2.66. The number of nitrogens with one attached hydrogen (secondary N) is 2. The molecule has 1 aromatic carbocycles. The van der Waals surface area contributed by atoms with Gasteiger partial charge < -0.3 is 11.1 Å². The molecule has 5 nitrogen and oxygen atoms in total. The van der Waals surface area contributed by atoms with Gasteiger partial charge in [0.05, 0.1) is 17.3 Å². The smallest absolute Gasteiger partial charge is 0.255 e. The van der Waals surface area contributed by atoms with Crippen LogP contribution in [-0.4, -0.2) is 22.6 Å². The number of rotatable bonds is 4. The molecule has 5 heteroatoms. The fraction of sp³-hybridized carbons (Fsp3) is 0.286. The lowest BCUT2D eigenvalue weighted by Gasteiger charge is -2.30. The predicted molar refractivity (Wildman–Crippen MR) is 73.6 cm³/mol. The first kappa shape index (κ1) is 13.3. The number of aryl methyl sites for hydroxylation is 1. The van der Waals surface area contributed by atoms with Gasteiger partial charge in [-0.3, -0.25) is 9.89 Å². The Bertz CT molecular complexity index is 564. The van der Waals surface area contributed by atoms with Crippen molar-refractivity contribution in [1.29, 1.82) is 0 Å². The Balaban J connectivity index is 2.25. The largest absolute Gasteiger partial charge is 0.341 e. The number of H-pyrrole nitrogens is 1. The Labute approximate surface area is 112 Å². The number of aromatic amines is 1. The van der Waals surface area contributed by atoms with Gasteiger partial charge in [-0.05, 0) is 19.4 Å². The van der Waals surface area contributed by atoms with Crippen LogP contribution in [0.4, 0.5) is 0 Å². The minimum atomic E-state index is -0.595. The molecule has 0 bridgehead atoms. The van der Waals surface area contributed by atoms with Crippen molar-refractivity contribution >= 4 is 5.91 Å². The summed E-state index contributed by atoms with van der Waals surface area (Å²) >= 11 is 0. The molecule has 0 spiro atoms. The molecule has 0 saturated carbocycles. The summed E-state index contributed by atoms with van der Waals surface area (Å²) in [6, 6.07) is 9.70. The van der Waals surface area contributed by atoms with Crippen molar-refractivity contribution in [3.05, 3.63) is 53.3 Å². The highest BCUT2D eigenvalue weighted by Gasteiger charge is 2.28. The number of nitrogens with two attached hydrogens (primary N) is 1. The van der Waals surface area contributed by atoms with Gasteiger partial charge in [-0.2, -0.15) is 5.10 Å². The van der Waals surface area contributed by atoms with Gasteiger partial charge in [-0.1, -0.05) is 30.3 Å². The quantitative estimate of drug-likeness (QED) is 0.773. The van der Waals surface area contributed by atoms with E-state index in [1.54, 1.807) is 0 Å². The third-order valence-electron chi connectivity index (χ3n) is 3.28. The number of carbonyl (C=O) groups excluding carboxylic acids is 1. The molecule has 2 rings (SSSR count). The Morgan fingerprint density at radius 2 is 2.11 bits per heavy atom. The highest BCUT2D eigenvalue weighted by atomic mass is 16.1. The third-order valence-corrected chi connectivity index (χ3v) is 3.28. The molecular formula is C14H18N4O. The maximum atomic E-state index is 12.2. The lowest BCUT2D eigenvalue weighted by Crippen LogP contribution is -2.48. The molecule has 0 radical (unpaired) electrons. The Hall–Kier alpha value is -2.14. The van der Waals surface area contributed by atoms with Crippen LogP contribution in [0.1, 0.15) is 28.5 Å². The zero-order valence-electron chi connectivity index (χ0n) is 11.1. The summed E-state index contributed by atoms with van der Waals surface area (Å²) in [5.41, 5.74) is 7.50. The molecule has 0 fully saturated rings. The number of carbonyl (C=O) groups is 1. The number of benzene rings is 1. The highest BCUT2D eigenvalue weighted by Crippen LogP contribution is 2.20. The van der Waals surface area contributed by atoms with Crippen LogP contribution in [0.5, 0.6) is 0 Å². The van der Waals surface area contributed by atoms with Crippen molar-refractivity contribution in [2.75, 3.05) is 6.54 Å². The lowest BCUT2D eigenvalue weighted by atomic mass is 9.91. The summed E-state index contributed by atoms with van der Waals surface area (Å²) in [5.74, 6) is -0.178. The van der Waals surface area contributed by atoms with Crippen LogP contribution in [0, 0.1) is 6.92 Å². The summed E-state index contributed by atoms with van der Waals surface area (Å²) in [6.45, 7) is 4.04. The van der Waals surface area contributed by atoms with Gasteiger partial charge in [-0.15, -0.1) is 0 Å². The van der Waals surface area contributed by atoms with Gasteiger partial charge in [0.15, 0.2) is 0 Å². The van der Waals surface area contributed by atoms with Crippen LogP contribution in [0.2, 0.25) is 0 Å². The molecule has 4 N–H and O–H groups in total. The normalized spacial score (nSPS) is 13.8. The molecule has 0 aliphatic rings. The molecule has 0 aliphatic heterocycles. The van der Waals surface area contributed by atoms with Crippen LogP contribution in [0.15, 0.2) is 36.5 Å². The van der Waals surface area contributed by atoms with E-state index in [1.807, 2.05) is 44.2 Å². The standard InChI is InChI=1S/C14H18N4O/c1-10-12(8-16-18-10)13(19)17-14(2,9-15)11-6-4-3-5-7-11/h3-8H,9,15H2,1-2H3,(H,16,18)(H,17,19). The SMILES string of the molecule is Cc1[nH]ncc1C(=O)NC(C)(CN)c1ccccc1. The first-order valence-electron chi connectivity index (χ1n) is 6.15. The van der Waals surface area contributed by atoms with Crippen molar-refractivity contribution in [3.63, 3.8) is 0 Å². The van der Waals surface area contributed by atoms with E-state index in [4.69, 9.17) is 5.73 Å². The lowest BCUT2D eigenvalue weighted by molar-refractivity contribution is 0.0907. The van der Waals surface area contributed by atoms with E-state index in [1.165, 1.54) is 6.20 Å². The topological polar surface area (TPSA) is 83.8 Å². The highest BCUT2D eigenvalue weighted by molar-refractivity contribution is 5.95. The first-order chi connectivity index (χ1) is 9.07. The Kier molecular flexibility index (Phi) is 3.66. The zero-order valence-corrected chi connectivity index (χ0v) is 11.1. The molecule has 19 heavy (non-hydrogen) atoms. The molecule has 100 valence electrons. The second-order valence-electron chi connectivity index (χ2n) is 4.77. The second-order valence-corrected chi connectivity index (χ2v) is 4.77. The van der Waals surface area contributed by atoms with E-state index in [0.29, 0.717) is 12.1 Å². The summed E-state index contributed by atoms with van der Waals surface area (Å²) in [7, 11) is 0. The average Bonchev–Trinajstić information content (AvgIpc) is 2.86. The van der Waals surface area contributed by atoms with Gasteiger partial charge in [0, 0.05) is 12.2 Å². The zero-order chi connectivity index (χ0) is 13.9. The van der Waals surface area contributed by atoms with Crippen molar-refractivity contribution in [1.82, 2.24) is 15.5 Å². The molecule has 0 saturated heterocycles. The fourth-order valence-corrected chi connectivity index (χ4v) is 1.94. The molecule has 1 unspecified atom stereocenters. The van der Waals surface area contributed by atoms with Crippen LogP contribution in [0.25, 0.3) is 0 Å². The minimum Gasteiger partial charge on any atom is -0.341 e. The van der Waals surface area contributed by atoms with E-state index in [2.05, 4.69) is 15.5 Å². The Morgan fingerprint density at radius 1 is 1.42 bits per heavy atom. The van der Waals surface area contributed by atoms with Gasteiger partial charge in [0.25, 0.3) is 5.91 Å². The van der Waals surface area contributed by atoms with E-state index >= 15 is 0 Å². The molecule has 2 aromatic rings. The number of nitrogens with zero attached hydrogens (tertiary/aromatic N) is 1. The summed E-state index contributed by atoms with van der Waals surface area (Å²) in [6.07, 6.45) is 1.52. The maximum absolute atomic E-state index is 12.2. The van der Waals surface area contributed by atoms with Crippen molar-refractivity contribution in [3.8, 4) is 0 Å². The Morgan fingerprint density at radius 3 is 2.63 bits per heavy atom. The maximum Gasteiger partial charge on any atom is 0.255 e. The van der Waals surface area contributed by atoms with Crippen molar-refractivity contribution < 1.29 is 4.79 Å². The van der Waals surface area contributed by atoms with E-state index in [-0.39, 0.29) is 5.91 Å². The van der Waals surface area contributed by atoms with Gasteiger partial charge in [0.1, 0.15) is 0 Å². The predicted octanol–water partition coefficient (Wildman–Crippen LogP) is 1.32. The molecular weight excluding hydrogens is 240 g/mol. The average molecular weight is 258 g/mol. The van der Waals surface area contributed by atoms with Gasteiger partial charge in [0.2, 0.25) is 0 Å². The van der Waals surface area contributed by atoms with Crippen LogP contribution in [-0.2, 0) is 5.54 Å². The van der Waals surface area contributed by atoms with E-state index in [0.717, 1.165) is 11.3 Å². The molecule has 1 atom stereocenters. The summed E-state index contributed by atoms with van der Waals surface area (Å²) in [4.78, 5) is 12.2. The molecule has 1 aromatic heterocycles. The number of aromatic nitrogens is 2. The van der Waals surface area contributed by atoms with Gasteiger partial charge in [-0.25, -0.2) is 0 Å². The van der Waals surface area contributed by atoms with E-state index < -0.39 is 5.54 Å². The monoisotopic (exact) mass is 258 g/mol. The van der Waals surface area contributed by atoms with Crippen LogP contribution >= 0.6 is 0 Å². The van der Waals surface area contributed by atoms with E-state index in [9.17, 15) is 4.79 Å². The first-order valence-corrected chi connectivity index (χ1v) is 6.15. The van der Waals surface area contributed by atoms with Crippen molar-refractivity contribution in [2.45, 2.75) is 19.4 Å². The molecule has 0 aliphatic carbocycles. The molecule has 1 amide bonds. The van der Waals surface area contributed by atoms with Crippen LogP contribution < -0.4 is 11.1 Å². The number of hydrogen-bond acceptors (Lipinski definition) is 3.